The molecule has 0 amide bonds. The SMILES string of the molecule is CC(=O)O[C@H]1CC[C@H]2[C@@H]3CCC4=CC(=O)CC[C@]4(C)[C@@]3(F)CC[C@]12C. The molecule has 0 aromatic carbocycles. The zero-order valence-corrected chi connectivity index (χ0v) is 15.6. The van der Waals surface area contributed by atoms with Crippen molar-refractivity contribution in [3.05, 3.63) is 11.6 Å². The molecule has 0 unspecified atom stereocenters. The molecular weight excluding hydrogens is 319 g/mol. The van der Waals surface area contributed by atoms with Crippen LogP contribution in [0.15, 0.2) is 11.6 Å². The lowest BCUT2D eigenvalue weighted by Crippen LogP contribution is -2.61. The Hall–Kier alpha value is -1.19. The number of esters is 1. The predicted molar refractivity (Wildman–Crippen MR) is 92.6 cm³/mol. The van der Waals surface area contributed by atoms with Crippen LogP contribution in [0.4, 0.5) is 4.39 Å². The normalized spacial score (nSPS) is 48.9. The molecule has 0 heterocycles. The smallest absolute Gasteiger partial charge is 0.302 e. The molecule has 0 radical (unpaired) electrons. The number of hydrogen-bond acceptors (Lipinski definition) is 3. The van der Waals surface area contributed by atoms with Gasteiger partial charge in [0.25, 0.3) is 0 Å². The van der Waals surface area contributed by atoms with Gasteiger partial charge < -0.3 is 4.74 Å². The molecule has 3 nitrogen and oxygen atoms in total. The van der Waals surface area contributed by atoms with Gasteiger partial charge in [-0.15, -0.1) is 0 Å². The summed E-state index contributed by atoms with van der Waals surface area (Å²) in [6, 6.07) is 0. The Kier molecular flexibility index (Phi) is 3.73. The van der Waals surface area contributed by atoms with Crippen molar-refractivity contribution in [1.82, 2.24) is 0 Å². The summed E-state index contributed by atoms with van der Waals surface area (Å²) < 4.78 is 22.2. The summed E-state index contributed by atoms with van der Waals surface area (Å²) in [5, 5.41) is 0. The molecule has 0 bridgehead atoms. The fraction of sp³-hybridized carbons (Fsp3) is 0.810. The van der Waals surface area contributed by atoms with Gasteiger partial charge in [-0.2, -0.15) is 0 Å². The molecule has 0 N–H and O–H groups in total. The van der Waals surface area contributed by atoms with Gasteiger partial charge in [0.05, 0.1) is 0 Å². The van der Waals surface area contributed by atoms with E-state index in [0.29, 0.717) is 19.3 Å². The molecule has 4 aliphatic carbocycles. The second-order valence-electron chi connectivity index (χ2n) is 9.26. The molecule has 4 heteroatoms. The monoisotopic (exact) mass is 348 g/mol. The highest BCUT2D eigenvalue weighted by Crippen LogP contribution is 2.68. The summed E-state index contributed by atoms with van der Waals surface area (Å²) in [5.41, 5.74) is -0.785. The third-order valence-electron chi connectivity index (χ3n) is 8.29. The lowest BCUT2D eigenvalue weighted by Gasteiger charge is -2.61. The Labute approximate surface area is 149 Å². The van der Waals surface area contributed by atoms with E-state index in [1.54, 1.807) is 6.08 Å². The Balaban J connectivity index is 1.68. The number of ketones is 1. The van der Waals surface area contributed by atoms with Crippen LogP contribution in [0.5, 0.6) is 0 Å². The maximum atomic E-state index is 16.6. The first-order chi connectivity index (χ1) is 11.7. The molecule has 0 aromatic rings. The highest BCUT2D eigenvalue weighted by molar-refractivity contribution is 5.91. The van der Waals surface area contributed by atoms with E-state index in [0.717, 1.165) is 37.7 Å². The molecule has 25 heavy (non-hydrogen) atoms. The van der Waals surface area contributed by atoms with Gasteiger partial charge in [-0.3, -0.25) is 9.59 Å². The second-order valence-corrected chi connectivity index (χ2v) is 9.26. The molecule has 4 rings (SSSR count). The van der Waals surface area contributed by atoms with Crippen LogP contribution in [0.3, 0.4) is 0 Å². The van der Waals surface area contributed by atoms with E-state index < -0.39 is 11.1 Å². The molecule has 6 atom stereocenters. The van der Waals surface area contributed by atoms with Gasteiger partial charge in [-0.25, -0.2) is 4.39 Å². The van der Waals surface area contributed by atoms with Crippen molar-refractivity contribution in [3.63, 3.8) is 0 Å². The zero-order chi connectivity index (χ0) is 18.0. The number of allylic oxidation sites excluding steroid dienone is 1. The molecule has 4 aliphatic rings. The van der Waals surface area contributed by atoms with Crippen LogP contribution in [0, 0.1) is 22.7 Å². The summed E-state index contributed by atoms with van der Waals surface area (Å²) in [7, 11) is 0. The number of carbonyl (C=O) groups excluding carboxylic acids is 2. The molecule has 0 aromatic heterocycles. The Morgan fingerprint density at radius 3 is 2.60 bits per heavy atom. The Morgan fingerprint density at radius 1 is 1.12 bits per heavy atom. The maximum absolute atomic E-state index is 16.6. The van der Waals surface area contributed by atoms with Gasteiger partial charge in [0.15, 0.2) is 5.78 Å². The average Bonchev–Trinajstić information content (AvgIpc) is 2.86. The van der Waals surface area contributed by atoms with Crippen molar-refractivity contribution in [2.45, 2.75) is 83.9 Å². The van der Waals surface area contributed by atoms with Gasteiger partial charge >= 0.3 is 5.97 Å². The van der Waals surface area contributed by atoms with E-state index in [1.807, 2.05) is 0 Å². The minimum Gasteiger partial charge on any atom is -0.462 e. The van der Waals surface area contributed by atoms with Crippen LogP contribution in [0.1, 0.15) is 72.1 Å². The largest absolute Gasteiger partial charge is 0.462 e. The van der Waals surface area contributed by atoms with E-state index in [1.165, 1.54) is 6.92 Å². The summed E-state index contributed by atoms with van der Waals surface area (Å²) in [6.45, 7) is 5.73. The Bertz CT molecular complexity index is 656. The summed E-state index contributed by atoms with van der Waals surface area (Å²) in [4.78, 5) is 23.4. The van der Waals surface area contributed by atoms with Crippen molar-refractivity contribution < 1.29 is 18.7 Å². The van der Waals surface area contributed by atoms with E-state index in [2.05, 4.69) is 13.8 Å². The van der Waals surface area contributed by atoms with E-state index in [9.17, 15) is 9.59 Å². The lowest BCUT2D eigenvalue weighted by atomic mass is 9.46. The van der Waals surface area contributed by atoms with Gasteiger partial charge in [-0.05, 0) is 62.9 Å². The van der Waals surface area contributed by atoms with Gasteiger partial charge in [0.2, 0.25) is 0 Å². The highest BCUT2D eigenvalue weighted by Gasteiger charge is 2.67. The van der Waals surface area contributed by atoms with Crippen LogP contribution in [0.25, 0.3) is 0 Å². The van der Waals surface area contributed by atoms with Gasteiger partial charge in [-0.1, -0.05) is 19.4 Å². The first kappa shape index (κ1) is 17.2. The van der Waals surface area contributed by atoms with Gasteiger partial charge in [0.1, 0.15) is 11.8 Å². The van der Waals surface area contributed by atoms with Crippen LogP contribution in [-0.4, -0.2) is 23.5 Å². The number of carbonyl (C=O) groups is 2. The molecule has 0 aliphatic heterocycles. The number of rotatable bonds is 1. The predicted octanol–water partition coefficient (Wildman–Crippen LogP) is 4.54. The Morgan fingerprint density at radius 2 is 1.88 bits per heavy atom. The van der Waals surface area contributed by atoms with Crippen molar-refractivity contribution in [2.24, 2.45) is 22.7 Å². The minimum absolute atomic E-state index is 0.0159. The molecule has 0 saturated heterocycles. The van der Waals surface area contributed by atoms with Crippen LogP contribution in [-0.2, 0) is 14.3 Å². The first-order valence-corrected chi connectivity index (χ1v) is 9.81. The maximum Gasteiger partial charge on any atom is 0.302 e. The average molecular weight is 348 g/mol. The first-order valence-electron chi connectivity index (χ1n) is 9.81. The lowest BCUT2D eigenvalue weighted by molar-refractivity contribution is -0.171. The fourth-order valence-corrected chi connectivity index (χ4v) is 6.79. The standard InChI is InChI=1S/C21H29FO3/c1-13(23)25-18-7-6-16-17-5-4-14-12-15(24)8-9-20(14,3)21(17,22)11-10-19(16,18)2/h12,16-18H,4-11H2,1-3H3/t16-,17-,18-,19-,20-,21+/m0/s1. The second kappa shape index (κ2) is 5.40. The number of ether oxygens (including phenoxy) is 1. The minimum atomic E-state index is -1.23. The fourth-order valence-electron chi connectivity index (χ4n) is 6.79. The number of alkyl halides is 1. The quantitative estimate of drug-likeness (QED) is 0.653. The van der Waals surface area contributed by atoms with Crippen LogP contribution in [0.2, 0.25) is 0 Å². The third-order valence-corrected chi connectivity index (χ3v) is 8.29. The summed E-state index contributed by atoms with van der Waals surface area (Å²) in [5.74, 6) is 0.218. The third kappa shape index (κ3) is 2.21. The molecule has 3 fully saturated rings. The molecule has 138 valence electrons. The summed E-state index contributed by atoms with van der Waals surface area (Å²) in [6.07, 6.45) is 7.51. The number of fused-ring (bicyclic) bond motifs is 5. The number of halogens is 1. The van der Waals surface area contributed by atoms with Crippen molar-refractivity contribution >= 4 is 11.8 Å². The molecular formula is C21H29FO3. The number of hydrogen-bond donors (Lipinski definition) is 0. The molecule has 0 spiro atoms. The van der Waals surface area contributed by atoms with Crippen molar-refractivity contribution in [1.29, 1.82) is 0 Å². The van der Waals surface area contributed by atoms with Crippen LogP contribution >= 0.6 is 0 Å². The van der Waals surface area contributed by atoms with E-state index >= 15 is 4.39 Å². The van der Waals surface area contributed by atoms with Gasteiger partial charge in [0, 0.05) is 24.2 Å². The van der Waals surface area contributed by atoms with Crippen molar-refractivity contribution in [2.75, 3.05) is 0 Å². The van der Waals surface area contributed by atoms with E-state index in [-0.39, 0.29) is 35.1 Å². The topological polar surface area (TPSA) is 43.4 Å². The van der Waals surface area contributed by atoms with Crippen molar-refractivity contribution in [3.8, 4) is 0 Å². The van der Waals surface area contributed by atoms with E-state index in [4.69, 9.17) is 4.74 Å². The zero-order valence-electron chi connectivity index (χ0n) is 15.6. The summed E-state index contributed by atoms with van der Waals surface area (Å²) >= 11 is 0. The molecule has 3 saturated carbocycles. The highest BCUT2D eigenvalue weighted by atomic mass is 19.1. The van der Waals surface area contributed by atoms with Crippen LogP contribution < -0.4 is 0 Å².